The molecule has 2 aliphatic heterocycles. The number of rotatable bonds is 7. The van der Waals surface area contributed by atoms with Crippen molar-refractivity contribution >= 4 is 12.1 Å². The molecule has 2 saturated heterocycles. The number of nitriles is 1. The molecule has 6 rings (SSSR count). The first-order valence-corrected chi connectivity index (χ1v) is 16.9. The van der Waals surface area contributed by atoms with Crippen LogP contribution in [0.1, 0.15) is 81.9 Å². The third-order valence-electron chi connectivity index (χ3n) is 8.38. The van der Waals surface area contributed by atoms with E-state index in [0.717, 1.165) is 72.4 Å². The van der Waals surface area contributed by atoms with Crippen LogP contribution in [0.5, 0.6) is 0 Å². The normalized spacial score (nSPS) is 15.3. The van der Waals surface area contributed by atoms with Crippen molar-refractivity contribution in [1.82, 2.24) is 15.1 Å². The molecule has 0 N–H and O–H groups in total. The van der Waals surface area contributed by atoms with E-state index in [1.54, 1.807) is 11.8 Å². The molecule has 2 aliphatic rings. The molecule has 7 heteroatoms. The van der Waals surface area contributed by atoms with Gasteiger partial charge in [-0.1, -0.05) is 74.7 Å². The van der Waals surface area contributed by atoms with Crippen LogP contribution < -0.4 is 4.90 Å². The third kappa shape index (κ3) is 9.80. The van der Waals surface area contributed by atoms with Gasteiger partial charge in [0.15, 0.2) is 0 Å². The summed E-state index contributed by atoms with van der Waals surface area (Å²) in [5.41, 5.74) is 7.15. The number of hydrogen-bond donors (Lipinski definition) is 0. The fraction of sp³-hybridized carbons (Fsp3) is 0.400. The Labute approximate surface area is 280 Å². The van der Waals surface area contributed by atoms with Gasteiger partial charge < -0.3 is 14.2 Å². The maximum atomic E-state index is 10.4. The molecule has 3 aromatic carbocycles. The predicted octanol–water partition coefficient (Wildman–Crippen LogP) is 8.41. The molecule has 7 nitrogen and oxygen atoms in total. The Hall–Kier alpha value is -4.88. The zero-order chi connectivity index (χ0) is 33.4. The van der Waals surface area contributed by atoms with E-state index in [-0.39, 0.29) is 6.04 Å². The van der Waals surface area contributed by atoms with E-state index in [4.69, 9.17) is 4.42 Å². The molecule has 0 bridgehead atoms. The van der Waals surface area contributed by atoms with E-state index < -0.39 is 0 Å². The van der Waals surface area contributed by atoms with Crippen molar-refractivity contribution in [3.63, 3.8) is 0 Å². The molecule has 1 atom stereocenters. The minimum absolute atomic E-state index is 0.197. The molecule has 3 heterocycles. The Morgan fingerprint density at radius 1 is 0.936 bits per heavy atom. The molecule has 2 fully saturated rings. The lowest BCUT2D eigenvalue weighted by Crippen LogP contribution is -2.30. The van der Waals surface area contributed by atoms with E-state index in [1.165, 1.54) is 37.7 Å². The first-order chi connectivity index (χ1) is 23.0. The average molecular weight is 630 g/mol. The lowest BCUT2D eigenvalue weighted by Gasteiger charge is -2.30. The predicted molar refractivity (Wildman–Crippen MR) is 190 cm³/mol. The number of carbonyl (C=O) groups is 1. The Morgan fingerprint density at radius 3 is 2.36 bits per heavy atom. The van der Waals surface area contributed by atoms with E-state index in [2.05, 4.69) is 82.4 Å². The molecule has 1 aromatic heterocycles. The second kappa shape index (κ2) is 18.3. The summed E-state index contributed by atoms with van der Waals surface area (Å²) in [5.74, 6) is 6.96. The van der Waals surface area contributed by atoms with Crippen molar-refractivity contribution in [3.05, 3.63) is 89.3 Å². The molecule has 4 aromatic rings. The largest absolute Gasteiger partial charge is 0.421 e. The van der Waals surface area contributed by atoms with Crippen LogP contribution in [0.2, 0.25) is 0 Å². The fourth-order valence-corrected chi connectivity index (χ4v) is 6.04. The van der Waals surface area contributed by atoms with Crippen molar-refractivity contribution in [2.75, 3.05) is 24.5 Å². The van der Waals surface area contributed by atoms with Gasteiger partial charge in [-0.25, -0.2) is 0 Å². The van der Waals surface area contributed by atoms with Crippen LogP contribution in [0.15, 0.2) is 71.1 Å². The zero-order valence-electron chi connectivity index (χ0n) is 28.3. The smallest absolute Gasteiger partial charge is 0.247 e. The second-order valence-corrected chi connectivity index (χ2v) is 11.9. The summed E-state index contributed by atoms with van der Waals surface area (Å²) < 4.78 is 5.74. The molecule has 0 spiro atoms. The summed E-state index contributed by atoms with van der Waals surface area (Å²) in [7, 11) is 0. The monoisotopic (exact) mass is 629 g/mol. The number of hydrogen-bond acceptors (Lipinski definition) is 6. The highest BCUT2D eigenvalue weighted by Gasteiger charge is 2.20. The molecule has 244 valence electrons. The summed E-state index contributed by atoms with van der Waals surface area (Å²) in [5, 5.41) is 18.2. The zero-order valence-corrected chi connectivity index (χ0v) is 28.3. The standard InChI is InChI=1S/C23H24N4O.C9H12.C8H11NO/c1-3-22-25-26-23(28-22)18-13-16(2)12-17(14-18)19-8-7-9-21(20(19)15-24)27-10-5-4-6-11-27;1-2-6-9-7-4-3-5-8-9;1-2-4-8-5-3-6-9(8)7-10/h7-9,12-14H,3-6,10-11H2,1-2H3;3-5,7-8H,2,6H2,1H3;7-8H,3,5-6H2,1H3. The van der Waals surface area contributed by atoms with E-state index in [9.17, 15) is 10.1 Å². The maximum absolute atomic E-state index is 10.4. The van der Waals surface area contributed by atoms with Crippen LogP contribution in [-0.4, -0.2) is 47.2 Å². The van der Waals surface area contributed by atoms with Gasteiger partial charge in [-0.15, -0.1) is 16.1 Å². The summed E-state index contributed by atoms with van der Waals surface area (Å²) in [4.78, 5) is 14.5. The van der Waals surface area contributed by atoms with Gasteiger partial charge in [-0.3, -0.25) is 4.79 Å². The summed E-state index contributed by atoms with van der Waals surface area (Å²) in [6.45, 7) is 10.9. The minimum Gasteiger partial charge on any atom is -0.421 e. The second-order valence-electron chi connectivity index (χ2n) is 11.9. The number of benzene rings is 3. The molecule has 0 radical (unpaired) electrons. The Morgan fingerprint density at radius 2 is 1.70 bits per heavy atom. The van der Waals surface area contributed by atoms with Crippen molar-refractivity contribution < 1.29 is 9.21 Å². The third-order valence-corrected chi connectivity index (χ3v) is 8.38. The lowest BCUT2D eigenvalue weighted by atomic mass is 9.94. The molecule has 1 amide bonds. The van der Waals surface area contributed by atoms with Gasteiger partial charge in [0, 0.05) is 37.2 Å². The Kier molecular flexibility index (Phi) is 13.6. The SMILES string of the molecule is CC#CC1CCCN1C=O.CCCc1ccccc1.CCc1nnc(-c2cc(C)cc(-c3cccc(N4CCCCC4)c3C#N)c2)o1. The quantitative estimate of drug-likeness (QED) is 0.151. The maximum Gasteiger partial charge on any atom is 0.247 e. The van der Waals surface area contributed by atoms with Crippen molar-refractivity contribution in [3.8, 4) is 40.5 Å². The first kappa shape index (κ1) is 35.0. The average Bonchev–Trinajstić information content (AvgIpc) is 3.79. The lowest BCUT2D eigenvalue weighted by molar-refractivity contribution is -0.118. The van der Waals surface area contributed by atoms with E-state index in [1.807, 2.05) is 38.1 Å². The van der Waals surface area contributed by atoms with Gasteiger partial charge in [0.2, 0.25) is 18.2 Å². The van der Waals surface area contributed by atoms with Crippen LogP contribution >= 0.6 is 0 Å². The topological polar surface area (TPSA) is 86.3 Å². The number of anilines is 1. The molecule has 1 unspecified atom stereocenters. The molecular formula is C40H47N5O2. The minimum atomic E-state index is 0.197. The van der Waals surface area contributed by atoms with Gasteiger partial charge in [0.25, 0.3) is 0 Å². The Bertz CT molecular complexity index is 1670. The molecular weight excluding hydrogens is 582 g/mol. The summed E-state index contributed by atoms with van der Waals surface area (Å²) in [6, 6.07) is 25.5. The molecule has 47 heavy (non-hydrogen) atoms. The molecule has 0 saturated carbocycles. The van der Waals surface area contributed by atoms with Crippen molar-refractivity contribution in [2.45, 2.75) is 85.1 Å². The van der Waals surface area contributed by atoms with Crippen molar-refractivity contribution in [2.24, 2.45) is 0 Å². The van der Waals surface area contributed by atoms with Crippen LogP contribution in [0, 0.1) is 30.1 Å². The van der Waals surface area contributed by atoms with Gasteiger partial charge in [0.1, 0.15) is 6.07 Å². The fourth-order valence-electron chi connectivity index (χ4n) is 6.04. The number of aromatic nitrogens is 2. The number of amides is 1. The number of aryl methyl sites for hydroxylation is 3. The van der Waals surface area contributed by atoms with Gasteiger partial charge in [-0.05, 0) is 87.3 Å². The number of carbonyl (C=O) groups excluding carboxylic acids is 1. The highest BCUT2D eigenvalue weighted by atomic mass is 16.4. The van der Waals surface area contributed by atoms with E-state index >= 15 is 0 Å². The van der Waals surface area contributed by atoms with Crippen LogP contribution in [0.4, 0.5) is 5.69 Å². The Balaban J connectivity index is 0.000000214. The summed E-state index contributed by atoms with van der Waals surface area (Å²) in [6.07, 6.45) is 9.82. The number of piperidine rings is 1. The highest BCUT2D eigenvalue weighted by Crippen LogP contribution is 2.35. The highest BCUT2D eigenvalue weighted by molar-refractivity contribution is 5.81. The van der Waals surface area contributed by atoms with Gasteiger partial charge in [-0.2, -0.15) is 5.26 Å². The van der Waals surface area contributed by atoms with Crippen LogP contribution in [0.25, 0.3) is 22.6 Å². The van der Waals surface area contributed by atoms with Crippen molar-refractivity contribution in [1.29, 1.82) is 5.26 Å². The number of nitrogens with zero attached hydrogens (tertiary/aromatic N) is 5. The van der Waals surface area contributed by atoms with Crippen LogP contribution in [-0.2, 0) is 17.6 Å². The van der Waals surface area contributed by atoms with E-state index in [0.29, 0.717) is 18.2 Å². The molecule has 0 aliphatic carbocycles. The first-order valence-electron chi connectivity index (χ1n) is 16.9. The number of likely N-dealkylation sites (tertiary alicyclic amines) is 1. The van der Waals surface area contributed by atoms with Gasteiger partial charge in [0.05, 0.1) is 17.3 Å². The summed E-state index contributed by atoms with van der Waals surface area (Å²) >= 11 is 0. The van der Waals surface area contributed by atoms with Gasteiger partial charge >= 0.3 is 0 Å². The van der Waals surface area contributed by atoms with Crippen LogP contribution in [0.3, 0.4) is 0 Å².